The van der Waals surface area contributed by atoms with Crippen molar-refractivity contribution in [2.75, 3.05) is 31.5 Å². The number of aromatic nitrogens is 2. The summed E-state index contributed by atoms with van der Waals surface area (Å²) >= 11 is 0. The Balaban J connectivity index is 1.32. The van der Waals surface area contributed by atoms with E-state index in [-0.39, 0.29) is 18.4 Å². The Labute approximate surface area is 163 Å². The first-order valence-corrected chi connectivity index (χ1v) is 9.42. The fraction of sp³-hybridized carbons (Fsp3) is 0.286. The Kier molecular flexibility index (Phi) is 4.97. The molecule has 144 valence electrons. The summed E-state index contributed by atoms with van der Waals surface area (Å²) in [6, 6.07) is 15.3. The number of rotatable bonds is 3. The lowest BCUT2D eigenvalue weighted by Crippen LogP contribution is -2.52. The number of carbonyl (C=O) groups is 2. The van der Waals surface area contributed by atoms with E-state index in [2.05, 4.69) is 15.5 Å². The summed E-state index contributed by atoms with van der Waals surface area (Å²) in [4.78, 5) is 28.7. The van der Waals surface area contributed by atoms with E-state index in [0.717, 1.165) is 27.8 Å². The van der Waals surface area contributed by atoms with Gasteiger partial charge in [0.2, 0.25) is 5.91 Å². The average Bonchev–Trinajstić information content (AvgIpc) is 3.11. The highest BCUT2D eigenvalue weighted by molar-refractivity contribution is 5.90. The minimum Gasteiger partial charge on any atom is -0.339 e. The molecular formula is C21H23N5O2. The zero-order valence-corrected chi connectivity index (χ0v) is 15.8. The smallest absolute Gasteiger partial charge is 0.321 e. The summed E-state index contributed by atoms with van der Waals surface area (Å²) in [6.45, 7) is 4.10. The third-order valence-corrected chi connectivity index (χ3v) is 5.06. The monoisotopic (exact) mass is 377 g/mol. The lowest BCUT2D eigenvalue weighted by Gasteiger charge is -2.34. The second-order valence-corrected chi connectivity index (χ2v) is 7.06. The number of amides is 3. The molecule has 2 heterocycles. The molecule has 0 radical (unpaired) electrons. The van der Waals surface area contributed by atoms with Crippen LogP contribution in [0.1, 0.15) is 11.3 Å². The van der Waals surface area contributed by atoms with Crippen molar-refractivity contribution in [3.05, 3.63) is 59.8 Å². The molecule has 4 rings (SSSR count). The van der Waals surface area contributed by atoms with Crippen molar-refractivity contribution in [1.82, 2.24) is 20.0 Å². The normalized spacial score (nSPS) is 14.3. The predicted octanol–water partition coefficient (Wildman–Crippen LogP) is 2.79. The number of carbonyl (C=O) groups excluding carboxylic acids is 2. The number of urea groups is 1. The number of H-pyrrole nitrogens is 1. The van der Waals surface area contributed by atoms with Crippen LogP contribution in [0.4, 0.5) is 10.5 Å². The summed E-state index contributed by atoms with van der Waals surface area (Å²) in [7, 11) is 0. The predicted molar refractivity (Wildman–Crippen MR) is 108 cm³/mol. The van der Waals surface area contributed by atoms with Crippen LogP contribution in [0.2, 0.25) is 0 Å². The van der Waals surface area contributed by atoms with Gasteiger partial charge in [-0.2, -0.15) is 5.10 Å². The van der Waals surface area contributed by atoms with Crippen LogP contribution in [-0.2, 0) is 11.2 Å². The number of benzene rings is 2. The number of hydrogen-bond donors (Lipinski definition) is 2. The molecule has 1 aliphatic rings. The van der Waals surface area contributed by atoms with E-state index in [9.17, 15) is 9.59 Å². The maximum absolute atomic E-state index is 12.7. The number of aromatic amines is 1. The summed E-state index contributed by atoms with van der Waals surface area (Å²) in [5, 5.41) is 11.1. The molecule has 0 aliphatic carbocycles. The Morgan fingerprint density at radius 3 is 2.57 bits per heavy atom. The van der Waals surface area contributed by atoms with Crippen molar-refractivity contribution < 1.29 is 9.59 Å². The van der Waals surface area contributed by atoms with E-state index in [1.54, 1.807) is 4.90 Å². The zero-order valence-electron chi connectivity index (χ0n) is 15.8. The van der Waals surface area contributed by atoms with E-state index in [0.29, 0.717) is 26.2 Å². The molecule has 7 nitrogen and oxygen atoms in total. The molecular weight excluding hydrogens is 354 g/mol. The van der Waals surface area contributed by atoms with E-state index >= 15 is 0 Å². The summed E-state index contributed by atoms with van der Waals surface area (Å²) < 4.78 is 0. The van der Waals surface area contributed by atoms with Gasteiger partial charge in [-0.15, -0.1) is 0 Å². The van der Waals surface area contributed by atoms with Gasteiger partial charge in [0.1, 0.15) is 0 Å². The van der Waals surface area contributed by atoms with Crippen molar-refractivity contribution in [2.45, 2.75) is 13.3 Å². The van der Waals surface area contributed by atoms with Gasteiger partial charge in [0.05, 0.1) is 17.6 Å². The van der Waals surface area contributed by atoms with Crippen LogP contribution < -0.4 is 5.32 Å². The number of aryl methyl sites for hydroxylation is 1. The van der Waals surface area contributed by atoms with E-state index in [1.807, 2.05) is 60.4 Å². The highest BCUT2D eigenvalue weighted by Crippen LogP contribution is 2.17. The van der Waals surface area contributed by atoms with Gasteiger partial charge in [-0.3, -0.25) is 9.89 Å². The molecule has 3 aromatic rings. The van der Waals surface area contributed by atoms with Crippen molar-refractivity contribution in [1.29, 1.82) is 0 Å². The molecule has 7 heteroatoms. The molecule has 0 atom stereocenters. The maximum atomic E-state index is 12.7. The minimum atomic E-state index is -0.128. The average molecular weight is 377 g/mol. The van der Waals surface area contributed by atoms with Gasteiger partial charge in [0.15, 0.2) is 0 Å². The van der Waals surface area contributed by atoms with Crippen LogP contribution in [0.5, 0.6) is 0 Å². The number of nitrogens with one attached hydrogen (secondary N) is 2. The first kappa shape index (κ1) is 18.0. The Morgan fingerprint density at radius 2 is 1.79 bits per heavy atom. The topological polar surface area (TPSA) is 81.3 Å². The summed E-state index contributed by atoms with van der Waals surface area (Å²) in [5.41, 5.74) is 3.58. The second-order valence-electron chi connectivity index (χ2n) is 7.06. The third-order valence-electron chi connectivity index (χ3n) is 5.06. The van der Waals surface area contributed by atoms with Crippen molar-refractivity contribution in [3.63, 3.8) is 0 Å². The Bertz CT molecular complexity index is 1000. The van der Waals surface area contributed by atoms with Crippen LogP contribution in [0.3, 0.4) is 0 Å². The van der Waals surface area contributed by atoms with Gasteiger partial charge in [-0.05, 0) is 30.7 Å². The van der Waals surface area contributed by atoms with Gasteiger partial charge in [-0.25, -0.2) is 4.79 Å². The lowest BCUT2D eigenvalue weighted by atomic mass is 10.1. The van der Waals surface area contributed by atoms with Gasteiger partial charge in [0.25, 0.3) is 0 Å². The van der Waals surface area contributed by atoms with Crippen LogP contribution in [0.15, 0.2) is 48.5 Å². The molecule has 2 aromatic carbocycles. The molecule has 2 N–H and O–H groups in total. The molecule has 3 amide bonds. The van der Waals surface area contributed by atoms with Crippen molar-refractivity contribution in [2.24, 2.45) is 0 Å². The van der Waals surface area contributed by atoms with Gasteiger partial charge in [-0.1, -0.05) is 30.3 Å². The molecule has 0 bridgehead atoms. The Morgan fingerprint density at radius 1 is 1.04 bits per heavy atom. The highest BCUT2D eigenvalue weighted by atomic mass is 16.2. The molecule has 0 saturated carbocycles. The second kappa shape index (κ2) is 7.72. The molecule has 0 spiro atoms. The molecule has 0 unspecified atom stereocenters. The first-order valence-electron chi connectivity index (χ1n) is 9.42. The quantitative estimate of drug-likeness (QED) is 0.736. The van der Waals surface area contributed by atoms with E-state index in [4.69, 9.17) is 0 Å². The molecule has 1 saturated heterocycles. The molecule has 1 fully saturated rings. The molecule has 28 heavy (non-hydrogen) atoms. The number of nitrogens with zero attached hydrogens (tertiary/aromatic N) is 3. The van der Waals surface area contributed by atoms with Crippen LogP contribution in [0, 0.1) is 6.92 Å². The standard InChI is InChI=1S/C21H23N5O2/c1-15-5-4-6-16(13-15)22-21(28)26-11-9-25(10-12-26)20(27)14-19-17-7-2-3-8-18(17)23-24-19/h2-8,13H,9-12,14H2,1H3,(H,22,28)(H,23,24). The van der Waals surface area contributed by atoms with Gasteiger partial charge < -0.3 is 15.1 Å². The van der Waals surface area contributed by atoms with Crippen molar-refractivity contribution >= 4 is 28.5 Å². The molecule has 1 aliphatic heterocycles. The SMILES string of the molecule is Cc1cccc(NC(=O)N2CCN(C(=O)Cc3[nH]nc4ccccc34)CC2)c1. The fourth-order valence-electron chi connectivity index (χ4n) is 3.50. The van der Waals surface area contributed by atoms with Gasteiger partial charge >= 0.3 is 6.03 Å². The van der Waals surface area contributed by atoms with Crippen LogP contribution >= 0.6 is 0 Å². The largest absolute Gasteiger partial charge is 0.339 e. The number of piperazine rings is 1. The van der Waals surface area contributed by atoms with E-state index < -0.39 is 0 Å². The van der Waals surface area contributed by atoms with Crippen LogP contribution in [-0.4, -0.2) is 58.1 Å². The number of fused-ring (bicyclic) bond motifs is 1. The number of hydrogen-bond acceptors (Lipinski definition) is 3. The first-order chi connectivity index (χ1) is 13.6. The van der Waals surface area contributed by atoms with Crippen LogP contribution in [0.25, 0.3) is 10.9 Å². The van der Waals surface area contributed by atoms with Gasteiger partial charge in [0, 0.05) is 37.3 Å². The summed E-state index contributed by atoms with van der Waals surface area (Å²) in [6.07, 6.45) is 0.288. The zero-order chi connectivity index (χ0) is 19.5. The highest BCUT2D eigenvalue weighted by Gasteiger charge is 2.25. The number of anilines is 1. The maximum Gasteiger partial charge on any atom is 0.321 e. The lowest BCUT2D eigenvalue weighted by molar-refractivity contribution is -0.131. The fourth-order valence-corrected chi connectivity index (χ4v) is 3.50. The summed E-state index contributed by atoms with van der Waals surface area (Å²) in [5.74, 6) is 0.0492. The van der Waals surface area contributed by atoms with Crippen molar-refractivity contribution in [3.8, 4) is 0 Å². The molecule has 1 aromatic heterocycles. The minimum absolute atomic E-state index is 0.0492. The third kappa shape index (κ3) is 3.83. The van der Waals surface area contributed by atoms with E-state index in [1.165, 1.54) is 0 Å². The number of para-hydroxylation sites is 1. The Hall–Kier alpha value is -3.35.